The highest BCUT2D eigenvalue weighted by Gasteiger charge is 2.25. The monoisotopic (exact) mass is 624 g/mol. The third-order valence-electron chi connectivity index (χ3n) is 6.06. The van der Waals surface area contributed by atoms with Gasteiger partial charge in [0.15, 0.2) is 5.84 Å². The molecule has 0 aliphatic heterocycles. The number of amidine groups is 1. The fourth-order valence-electron chi connectivity index (χ4n) is 4.01. The zero-order valence-electron chi connectivity index (χ0n) is 23.6. The van der Waals surface area contributed by atoms with Crippen LogP contribution in [0.5, 0.6) is 5.75 Å². The predicted molar refractivity (Wildman–Crippen MR) is 164 cm³/mol. The molecule has 1 heterocycles. The van der Waals surface area contributed by atoms with E-state index < -0.39 is 22.0 Å². The van der Waals surface area contributed by atoms with Crippen molar-refractivity contribution in [3.63, 3.8) is 0 Å². The number of nitrogens with one attached hydrogen (secondary N) is 3. The molecule has 0 radical (unpaired) electrons. The quantitative estimate of drug-likeness (QED) is 0.0575. The van der Waals surface area contributed by atoms with Crippen LogP contribution in [0, 0.1) is 0 Å². The molecule has 0 spiro atoms. The van der Waals surface area contributed by atoms with E-state index in [4.69, 9.17) is 15.5 Å². The topological polar surface area (TPSA) is 174 Å². The van der Waals surface area contributed by atoms with Crippen LogP contribution in [0.25, 0.3) is 10.2 Å². The molecule has 5 N–H and O–H groups in total. The number of oxime groups is 1. The molecule has 4 aromatic rings. The molecule has 2 amide bonds. The van der Waals surface area contributed by atoms with E-state index in [0.717, 1.165) is 10.3 Å². The number of nitrogens with two attached hydrogens (primary N) is 1. The molecule has 0 fully saturated rings. The smallest absolute Gasteiger partial charge is 0.332 e. The molecule has 1 aromatic heterocycles. The maximum Gasteiger partial charge on any atom is 0.332 e. The molecule has 1 atom stereocenters. The zero-order chi connectivity index (χ0) is 30.8. The van der Waals surface area contributed by atoms with Crippen LogP contribution in [0.15, 0.2) is 82.8 Å². The second-order valence-corrected chi connectivity index (χ2v) is 12.1. The lowest BCUT2D eigenvalue weighted by Crippen LogP contribution is -2.33. The number of fused-ring (bicyclic) bond motifs is 1. The highest BCUT2D eigenvalue weighted by molar-refractivity contribution is 7.89. The van der Waals surface area contributed by atoms with E-state index in [0.29, 0.717) is 41.4 Å². The van der Waals surface area contributed by atoms with Crippen molar-refractivity contribution >= 4 is 49.4 Å². The lowest BCUT2D eigenvalue weighted by atomic mass is 10.0. The molecular weight excluding hydrogens is 592 g/mol. The van der Waals surface area contributed by atoms with Crippen molar-refractivity contribution in [2.24, 2.45) is 10.9 Å². The molecule has 0 aliphatic rings. The first kappa shape index (κ1) is 31.4. The van der Waals surface area contributed by atoms with E-state index >= 15 is 0 Å². The Morgan fingerprint density at radius 2 is 1.86 bits per heavy atom. The van der Waals surface area contributed by atoms with Crippen LogP contribution in [-0.4, -0.2) is 51.4 Å². The number of amides is 2. The van der Waals surface area contributed by atoms with E-state index in [1.54, 1.807) is 49.5 Å². The third kappa shape index (κ3) is 8.98. The summed E-state index contributed by atoms with van der Waals surface area (Å²) in [6.45, 7) is 2.09. The molecule has 226 valence electrons. The van der Waals surface area contributed by atoms with E-state index in [-0.39, 0.29) is 23.2 Å². The normalized spacial score (nSPS) is 12.5. The number of thiazole rings is 1. The van der Waals surface area contributed by atoms with Crippen molar-refractivity contribution in [3.8, 4) is 5.75 Å². The van der Waals surface area contributed by atoms with Gasteiger partial charge in [0.2, 0.25) is 10.0 Å². The predicted octanol–water partition coefficient (Wildman–Crippen LogP) is 3.44. The van der Waals surface area contributed by atoms with Gasteiger partial charge in [-0.15, -0.1) is 11.3 Å². The van der Waals surface area contributed by atoms with Crippen molar-refractivity contribution in [1.29, 1.82) is 0 Å². The Morgan fingerprint density at radius 3 is 2.60 bits per heavy atom. The van der Waals surface area contributed by atoms with Crippen molar-refractivity contribution in [2.45, 2.75) is 30.7 Å². The largest absolute Gasteiger partial charge is 0.493 e. The number of hydrogen-bond acceptors (Lipinski definition) is 9. The fraction of sp³-hybridized carbons (Fsp3) is 0.241. The molecular formula is C29H32N6O6S2. The first-order chi connectivity index (χ1) is 20.6. The molecule has 4 rings (SSSR count). The molecule has 1 unspecified atom stereocenters. The highest BCUT2D eigenvalue weighted by Crippen LogP contribution is 2.32. The van der Waals surface area contributed by atoms with Gasteiger partial charge in [0.1, 0.15) is 10.8 Å². The lowest BCUT2D eigenvalue weighted by Gasteiger charge is -2.17. The zero-order valence-corrected chi connectivity index (χ0v) is 25.2. The summed E-state index contributed by atoms with van der Waals surface area (Å²) < 4.78 is 36.2. The van der Waals surface area contributed by atoms with Gasteiger partial charge in [0.25, 0.3) is 0 Å². The summed E-state index contributed by atoms with van der Waals surface area (Å²) in [7, 11) is -2.34. The summed E-state index contributed by atoms with van der Waals surface area (Å²) in [4.78, 5) is 31.9. The Bertz CT molecular complexity index is 1710. The maximum absolute atomic E-state index is 13.4. The summed E-state index contributed by atoms with van der Waals surface area (Å²) in [6, 6.07) is 19.7. The average molecular weight is 625 g/mol. The summed E-state index contributed by atoms with van der Waals surface area (Å²) in [5.41, 5.74) is 7.96. The SMILES string of the molecule is CNC(=O)NCCCOc1ccc2nc(C(Cc3cccc(C(N)=NOC(C)=O)c3)NS(=O)(=O)c3ccccc3)sc2c1. The van der Waals surface area contributed by atoms with Gasteiger partial charge in [-0.25, -0.2) is 27.7 Å². The molecule has 3 aromatic carbocycles. The lowest BCUT2D eigenvalue weighted by molar-refractivity contribution is -0.140. The number of carbonyl (C=O) groups is 2. The van der Waals surface area contributed by atoms with Crippen LogP contribution in [0.2, 0.25) is 0 Å². The number of nitrogens with zero attached hydrogens (tertiary/aromatic N) is 2. The minimum atomic E-state index is -3.89. The second kappa shape index (κ2) is 14.6. The van der Waals surface area contributed by atoms with E-state index in [1.807, 2.05) is 18.2 Å². The molecule has 0 aliphatic carbocycles. The van der Waals surface area contributed by atoms with Crippen LogP contribution in [0.4, 0.5) is 4.79 Å². The minimum Gasteiger partial charge on any atom is -0.493 e. The second-order valence-electron chi connectivity index (χ2n) is 9.34. The van der Waals surface area contributed by atoms with E-state index in [1.165, 1.54) is 30.4 Å². The molecule has 0 saturated heterocycles. The third-order valence-corrected chi connectivity index (χ3v) is 8.68. The van der Waals surface area contributed by atoms with Gasteiger partial charge < -0.3 is 25.9 Å². The Labute approximate surface area is 253 Å². The Balaban J connectivity index is 1.58. The summed E-state index contributed by atoms with van der Waals surface area (Å²) in [5, 5.41) is 9.41. The fourth-order valence-corrected chi connectivity index (χ4v) is 6.35. The molecule has 43 heavy (non-hydrogen) atoms. The van der Waals surface area contributed by atoms with Gasteiger partial charge in [0, 0.05) is 26.1 Å². The number of ether oxygens (including phenoxy) is 1. The number of sulfonamides is 1. The van der Waals surface area contributed by atoms with Crippen LogP contribution >= 0.6 is 11.3 Å². The van der Waals surface area contributed by atoms with Gasteiger partial charge >= 0.3 is 12.0 Å². The maximum atomic E-state index is 13.4. The van der Waals surface area contributed by atoms with Crippen LogP contribution < -0.4 is 25.8 Å². The highest BCUT2D eigenvalue weighted by atomic mass is 32.2. The number of benzene rings is 3. The van der Waals surface area contributed by atoms with Crippen molar-refractivity contribution in [2.75, 3.05) is 20.2 Å². The summed E-state index contributed by atoms with van der Waals surface area (Å²) in [5.74, 6) is 0.0478. The number of aromatic nitrogens is 1. The van der Waals surface area contributed by atoms with Crippen molar-refractivity contribution in [3.05, 3.63) is 88.9 Å². The standard InChI is InChI=1S/C29H32N6O6S2/c1-19(36)41-34-27(30)21-9-6-8-20(16-21)17-25(35-43(38,39)23-10-4-3-5-11-23)28-33-24-13-12-22(18-26(24)42-28)40-15-7-14-32-29(37)31-2/h3-6,8-13,16,18,25,35H,7,14-15,17H2,1-2H3,(H2,30,34)(H2,31,32,37). The Hall–Kier alpha value is -4.53. The average Bonchev–Trinajstić information content (AvgIpc) is 3.43. The first-order valence-electron chi connectivity index (χ1n) is 13.3. The van der Waals surface area contributed by atoms with E-state index in [9.17, 15) is 18.0 Å². The summed E-state index contributed by atoms with van der Waals surface area (Å²) >= 11 is 1.36. The van der Waals surface area contributed by atoms with E-state index in [2.05, 4.69) is 25.3 Å². The van der Waals surface area contributed by atoms with Crippen LogP contribution in [0.3, 0.4) is 0 Å². The van der Waals surface area contributed by atoms with Crippen LogP contribution in [-0.2, 0) is 26.1 Å². The van der Waals surface area contributed by atoms with Crippen molar-refractivity contribution in [1.82, 2.24) is 20.3 Å². The summed E-state index contributed by atoms with van der Waals surface area (Å²) in [6.07, 6.45) is 0.875. The number of carbonyl (C=O) groups excluding carboxylic acids is 2. The molecule has 0 bridgehead atoms. The minimum absolute atomic E-state index is 0.00962. The van der Waals surface area contributed by atoms with Gasteiger partial charge in [-0.3, -0.25) is 0 Å². The molecule has 0 saturated carbocycles. The molecule has 14 heteroatoms. The number of urea groups is 1. The Kier molecular flexibility index (Phi) is 10.6. The van der Waals surface area contributed by atoms with Gasteiger partial charge in [-0.2, -0.15) is 0 Å². The van der Waals surface area contributed by atoms with Crippen molar-refractivity contribution < 1.29 is 27.6 Å². The van der Waals surface area contributed by atoms with Gasteiger partial charge in [-0.05, 0) is 54.8 Å². The molecule has 12 nitrogen and oxygen atoms in total. The number of rotatable bonds is 13. The Morgan fingerprint density at radius 1 is 1.07 bits per heavy atom. The first-order valence-corrected chi connectivity index (χ1v) is 15.6. The number of hydrogen-bond donors (Lipinski definition) is 4. The van der Waals surface area contributed by atoms with Gasteiger partial charge in [-0.1, -0.05) is 41.6 Å². The van der Waals surface area contributed by atoms with Crippen LogP contribution in [0.1, 0.15) is 35.5 Å². The van der Waals surface area contributed by atoms with Gasteiger partial charge in [0.05, 0.1) is 27.8 Å².